The molecule has 0 aliphatic carbocycles. The topological polar surface area (TPSA) is 71.2 Å². The number of nitrogens with one attached hydrogen (secondary N) is 2. The molecule has 3 aromatic rings. The van der Waals surface area contributed by atoms with E-state index in [0.29, 0.717) is 6.42 Å². The fourth-order valence-corrected chi connectivity index (χ4v) is 3.43. The maximum absolute atomic E-state index is 13.3. The van der Waals surface area contributed by atoms with Gasteiger partial charge in [-0.3, -0.25) is 4.79 Å². The first-order chi connectivity index (χ1) is 13.9. The van der Waals surface area contributed by atoms with Crippen LogP contribution in [0.25, 0.3) is 22.2 Å². The molecule has 0 unspecified atom stereocenters. The molecular formula is C23H25FN2O3. The van der Waals surface area contributed by atoms with Crippen molar-refractivity contribution < 1.29 is 18.7 Å². The number of para-hydroxylation sites is 1. The van der Waals surface area contributed by atoms with Crippen molar-refractivity contribution in [2.75, 3.05) is 7.11 Å². The van der Waals surface area contributed by atoms with Crippen LogP contribution in [0.5, 0.6) is 0 Å². The quantitative estimate of drug-likeness (QED) is 0.588. The number of H-pyrrole nitrogens is 1. The van der Waals surface area contributed by atoms with Crippen molar-refractivity contribution in [3.8, 4) is 11.3 Å². The van der Waals surface area contributed by atoms with Gasteiger partial charge in [-0.1, -0.05) is 32.0 Å². The van der Waals surface area contributed by atoms with Crippen LogP contribution in [0.2, 0.25) is 0 Å². The lowest BCUT2D eigenvalue weighted by Crippen LogP contribution is -2.45. The molecule has 2 N–H and O–H groups in total. The average Bonchev–Trinajstić information content (AvgIpc) is 3.08. The monoisotopic (exact) mass is 396 g/mol. The maximum Gasteiger partial charge on any atom is 0.328 e. The molecule has 0 aliphatic rings. The second-order valence-electron chi connectivity index (χ2n) is 7.34. The Hall–Kier alpha value is -3.15. The summed E-state index contributed by atoms with van der Waals surface area (Å²) in [6.07, 6.45) is 0.699. The van der Waals surface area contributed by atoms with Gasteiger partial charge in [0.05, 0.1) is 7.11 Å². The third-order valence-corrected chi connectivity index (χ3v) is 4.99. The van der Waals surface area contributed by atoms with Crippen molar-refractivity contribution in [3.05, 3.63) is 59.9 Å². The van der Waals surface area contributed by atoms with Crippen molar-refractivity contribution in [3.63, 3.8) is 0 Å². The Morgan fingerprint density at radius 3 is 2.45 bits per heavy atom. The minimum absolute atomic E-state index is 0.0748. The number of aromatic amines is 1. The molecule has 152 valence electrons. The van der Waals surface area contributed by atoms with Crippen LogP contribution in [-0.2, 0) is 20.7 Å². The highest BCUT2D eigenvalue weighted by atomic mass is 19.1. The highest BCUT2D eigenvalue weighted by molar-refractivity contribution is 5.91. The molecule has 6 heteroatoms. The second-order valence-corrected chi connectivity index (χ2v) is 7.34. The smallest absolute Gasteiger partial charge is 0.328 e. The zero-order valence-corrected chi connectivity index (χ0v) is 16.8. The number of carbonyl (C=O) groups is 2. The number of ether oxygens (including phenoxy) is 1. The van der Waals surface area contributed by atoms with Gasteiger partial charge in [0.25, 0.3) is 0 Å². The van der Waals surface area contributed by atoms with Gasteiger partial charge in [0.2, 0.25) is 5.91 Å². The Balaban J connectivity index is 1.84. The van der Waals surface area contributed by atoms with Crippen LogP contribution in [0.15, 0.2) is 48.5 Å². The molecule has 0 saturated carbocycles. The molecule has 29 heavy (non-hydrogen) atoms. The Kier molecular flexibility index (Phi) is 6.32. The van der Waals surface area contributed by atoms with E-state index in [1.54, 1.807) is 12.1 Å². The minimum atomic E-state index is -0.674. The first kappa shape index (κ1) is 20.6. The molecule has 0 spiro atoms. The normalized spacial score (nSPS) is 12.2. The molecular weight excluding hydrogens is 371 g/mol. The lowest BCUT2D eigenvalue weighted by Gasteiger charge is -2.19. The van der Waals surface area contributed by atoms with Gasteiger partial charge < -0.3 is 15.0 Å². The lowest BCUT2D eigenvalue weighted by molar-refractivity contribution is -0.146. The highest BCUT2D eigenvalue weighted by Crippen LogP contribution is 2.31. The van der Waals surface area contributed by atoms with E-state index in [9.17, 15) is 14.0 Å². The number of hydrogen-bond acceptors (Lipinski definition) is 3. The molecule has 0 saturated heterocycles. The molecule has 1 aromatic heterocycles. The van der Waals surface area contributed by atoms with Crippen LogP contribution in [0.3, 0.4) is 0 Å². The minimum Gasteiger partial charge on any atom is -0.467 e. The Bertz CT molecular complexity index is 1010. The maximum atomic E-state index is 13.3. The van der Waals surface area contributed by atoms with Crippen molar-refractivity contribution in [2.24, 2.45) is 5.92 Å². The fourth-order valence-electron chi connectivity index (χ4n) is 3.43. The van der Waals surface area contributed by atoms with Crippen LogP contribution < -0.4 is 5.32 Å². The molecule has 0 aliphatic heterocycles. The van der Waals surface area contributed by atoms with E-state index >= 15 is 0 Å². The fraction of sp³-hybridized carbons (Fsp3) is 0.304. The van der Waals surface area contributed by atoms with Gasteiger partial charge in [0, 0.05) is 23.0 Å². The van der Waals surface area contributed by atoms with Gasteiger partial charge in [-0.2, -0.15) is 0 Å². The number of benzene rings is 2. The van der Waals surface area contributed by atoms with Crippen LogP contribution in [0.1, 0.15) is 25.8 Å². The van der Waals surface area contributed by atoms with Crippen molar-refractivity contribution in [1.82, 2.24) is 10.3 Å². The van der Waals surface area contributed by atoms with Gasteiger partial charge in [0.15, 0.2) is 0 Å². The van der Waals surface area contributed by atoms with Gasteiger partial charge in [-0.15, -0.1) is 0 Å². The van der Waals surface area contributed by atoms with E-state index in [1.807, 2.05) is 38.1 Å². The van der Waals surface area contributed by atoms with Crippen LogP contribution >= 0.6 is 0 Å². The molecule has 1 amide bonds. The summed E-state index contributed by atoms with van der Waals surface area (Å²) in [6, 6.07) is 13.4. The zero-order chi connectivity index (χ0) is 21.0. The molecule has 0 fully saturated rings. The van der Waals surface area contributed by atoms with Crippen molar-refractivity contribution >= 4 is 22.8 Å². The third-order valence-electron chi connectivity index (χ3n) is 4.99. The van der Waals surface area contributed by atoms with Crippen LogP contribution in [-0.4, -0.2) is 30.0 Å². The van der Waals surface area contributed by atoms with Crippen LogP contribution in [0, 0.1) is 11.7 Å². The summed E-state index contributed by atoms with van der Waals surface area (Å²) in [5, 5.41) is 3.79. The number of halogens is 1. The first-order valence-electron chi connectivity index (χ1n) is 9.63. The summed E-state index contributed by atoms with van der Waals surface area (Å²) >= 11 is 0. The summed E-state index contributed by atoms with van der Waals surface area (Å²) < 4.78 is 18.1. The van der Waals surface area contributed by atoms with Crippen LogP contribution in [0.4, 0.5) is 4.39 Å². The van der Waals surface area contributed by atoms with E-state index in [1.165, 1.54) is 19.2 Å². The summed E-state index contributed by atoms with van der Waals surface area (Å²) in [5.74, 6) is -1.04. The number of aryl methyl sites for hydroxylation is 1. The molecule has 0 bridgehead atoms. The Morgan fingerprint density at radius 1 is 1.10 bits per heavy atom. The number of hydrogen-bond donors (Lipinski definition) is 2. The van der Waals surface area contributed by atoms with E-state index in [4.69, 9.17) is 4.74 Å². The summed E-state index contributed by atoms with van der Waals surface area (Å²) in [6.45, 7) is 3.71. The van der Waals surface area contributed by atoms with E-state index in [0.717, 1.165) is 27.7 Å². The predicted octanol–water partition coefficient (Wildman–Crippen LogP) is 4.22. The molecule has 0 radical (unpaired) electrons. The number of carbonyl (C=O) groups excluding carboxylic acids is 2. The van der Waals surface area contributed by atoms with Crippen molar-refractivity contribution in [1.29, 1.82) is 0 Å². The van der Waals surface area contributed by atoms with Gasteiger partial charge in [-0.25, -0.2) is 9.18 Å². The SMILES string of the molecule is COC(=O)[C@@H](NC(=O)CCc1c(-c2ccc(F)cc2)[nH]c2ccccc12)C(C)C. The van der Waals surface area contributed by atoms with Crippen molar-refractivity contribution in [2.45, 2.75) is 32.7 Å². The van der Waals surface area contributed by atoms with Gasteiger partial charge in [0.1, 0.15) is 11.9 Å². The number of amides is 1. The lowest BCUT2D eigenvalue weighted by atomic mass is 10.00. The average molecular weight is 396 g/mol. The summed E-state index contributed by atoms with van der Waals surface area (Å²) in [7, 11) is 1.31. The standard InChI is InChI=1S/C23H25FN2O3/c1-14(2)21(23(28)29-3)26-20(27)13-12-18-17-6-4-5-7-19(17)25-22(18)15-8-10-16(24)11-9-15/h4-11,14,21,25H,12-13H2,1-3H3,(H,26,27)/t21-/m0/s1. The van der Waals surface area contributed by atoms with Gasteiger partial charge in [-0.05, 0) is 53.8 Å². The second kappa shape index (κ2) is 8.90. The first-order valence-corrected chi connectivity index (χ1v) is 9.63. The Morgan fingerprint density at radius 2 is 1.79 bits per heavy atom. The third kappa shape index (κ3) is 4.65. The number of esters is 1. The molecule has 3 rings (SSSR count). The summed E-state index contributed by atoms with van der Waals surface area (Å²) in [5.41, 5.74) is 3.67. The van der Waals surface area contributed by atoms with E-state index < -0.39 is 12.0 Å². The highest BCUT2D eigenvalue weighted by Gasteiger charge is 2.25. The van der Waals surface area contributed by atoms with E-state index in [-0.39, 0.29) is 24.1 Å². The summed E-state index contributed by atoms with van der Waals surface area (Å²) in [4.78, 5) is 27.8. The predicted molar refractivity (Wildman–Crippen MR) is 111 cm³/mol. The zero-order valence-electron chi connectivity index (χ0n) is 16.8. The molecule has 1 heterocycles. The van der Waals surface area contributed by atoms with Gasteiger partial charge >= 0.3 is 5.97 Å². The van der Waals surface area contributed by atoms with E-state index in [2.05, 4.69) is 10.3 Å². The molecule has 1 atom stereocenters. The largest absolute Gasteiger partial charge is 0.467 e. The molecule has 5 nitrogen and oxygen atoms in total. The molecule has 2 aromatic carbocycles. The number of aromatic nitrogens is 1. The Labute approximate surface area is 169 Å². The number of rotatable bonds is 7. The number of fused-ring (bicyclic) bond motifs is 1. The number of methoxy groups -OCH3 is 1.